The third kappa shape index (κ3) is 3.43. The van der Waals surface area contributed by atoms with Crippen molar-refractivity contribution < 1.29 is 9.59 Å². The fourth-order valence-electron chi connectivity index (χ4n) is 4.03. The average molecular weight is 341 g/mol. The number of nitrogens with zero attached hydrogens (tertiary/aromatic N) is 2. The molecule has 1 heterocycles. The number of carbonyl (C=O) groups excluding carboxylic acids is 2. The first-order valence-corrected chi connectivity index (χ1v) is 9.54. The van der Waals surface area contributed by atoms with Gasteiger partial charge in [-0.2, -0.15) is 0 Å². The highest BCUT2D eigenvalue weighted by atomic mass is 16.2. The molecule has 0 unspecified atom stereocenters. The minimum atomic E-state index is -0.299. The number of amides is 2. The Bertz CT molecular complexity index is 630. The number of benzene rings is 1. The molecule has 134 valence electrons. The molecule has 2 aliphatic carbocycles. The predicted molar refractivity (Wildman–Crippen MR) is 96.2 cm³/mol. The first kappa shape index (κ1) is 16.6. The van der Waals surface area contributed by atoms with Gasteiger partial charge in [0.2, 0.25) is 11.8 Å². The second-order valence-electron chi connectivity index (χ2n) is 7.71. The van der Waals surface area contributed by atoms with Crippen molar-refractivity contribution in [3.05, 3.63) is 35.9 Å². The van der Waals surface area contributed by atoms with Crippen molar-refractivity contribution in [1.82, 2.24) is 15.1 Å². The molecule has 2 amide bonds. The van der Waals surface area contributed by atoms with Crippen LogP contribution in [0.25, 0.3) is 0 Å². The summed E-state index contributed by atoms with van der Waals surface area (Å²) in [7, 11) is 0. The third-order valence-corrected chi connectivity index (χ3v) is 5.91. The average Bonchev–Trinajstić information content (AvgIpc) is 3.39. The van der Waals surface area contributed by atoms with Crippen LogP contribution in [0.3, 0.4) is 0 Å². The fraction of sp³-hybridized carbons (Fsp3) is 0.600. The molecule has 5 heteroatoms. The monoisotopic (exact) mass is 341 g/mol. The van der Waals surface area contributed by atoms with E-state index in [1.807, 2.05) is 23.1 Å². The van der Waals surface area contributed by atoms with Crippen LogP contribution in [0.2, 0.25) is 0 Å². The SMILES string of the molecule is O=C(CN1CCN(C(=O)C2(c3ccccc3)CCC2)CC1)NC1CC1. The highest BCUT2D eigenvalue weighted by molar-refractivity contribution is 5.89. The van der Waals surface area contributed by atoms with Crippen LogP contribution >= 0.6 is 0 Å². The first-order valence-electron chi connectivity index (χ1n) is 9.54. The number of carbonyl (C=O) groups is 2. The normalized spacial score (nSPS) is 23.0. The van der Waals surface area contributed by atoms with Gasteiger partial charge >= 0.3 is 0 Å². The minimum Gasteiger partial charge on any atom is -0.352 e. The summed E-state index contributed by atoms with van der Waals surface area (Å²) in [5.74, 6) is 0.411. The van der Waals surface area contributed by atoms with E-state index in [-0.39, 0.29) is 17.2 Å². The molecule has 4 rings (SSSR count). The predicted octanol–water partition coefficient (Wildman–Crippen LogP) is 1.53. The molecule has 1 aromatic rings. The molecule has 25 heavy (non-hydrogen) atoms. The molecule has 1 aromatic carbocycles. The Hall–Kier alpha value is -1.88. The van der Waals surface area contributed by atoms with Crippen LogP contribution in [0.4, 0.5) is 0 Å². The smallest absolute Gasteiger partial charge is 0.234 e. The maximum Gasteiger partial charge on any atom is 0.234 e. The summed E-state index contributed by atoms with van der Waals surface area (Å²) in [5.41, 5.74) is 0.866. The number of nitrogens with one attached hydrogen (secondary N) is 1. The Morgan fingerprint density at radius 3 is 2.28 bits per heavy atom. The molecule has 0 aromatic heterocycles. The Morgan fingerprint density at radius 1 is 1.04 bits per heavy atom. The van der Waals surface area contributed by atoms with Crippen LogP contribution in [-0.4, -0.2) is 60.4 Å². The lowest BCUT2D eigenvalue weighted by Crippen LogP contribution is -2.57. The first-order chi connectivity index (χ1) is 12.2. The zero-order valence-corrected chi connectivity index (χ0v) is 14.7. The maximum atomic E-state index is 13.2. The van der Waals surface area contributed by atoms with Gasteiger partial charge in [0.1, 0.15) is 0 Å². The Labute approximate surface area is 149 Å². The molecule has 0 atom stereocenters. The van der Waals surface area contributed by atoms with Crippen molar-refractivity contribution >= 4 is 11.8 Å². The van der Waals surface area contributed by atoms with Crippen molar-refractivity contribution in [3.8, 4) is 0 Å². The molecule has 0 bridgehead atoms. The van der Waals surface area contributed by atoms with Gasteiger partial charge in [-0.15, -0.1) is 0 Å². The summed E-state index contributed by atoms with van der Waals surface area (Å²) in [4.78, 5) is 29.3. The quantitative estimate of drug-likeness (QED) is 0.884. The van der Waals surface area contributed by atoms with Crippen LogP contribution in [0.15, 0.2) is 30.3 Å². The van der Waals surface area contributed by atoms with E-state index in [2.05, 4.69) is 22.3 Å². The minimum absolute atomic E-state index is 0.127. The fourth-order valence-corrected chi connectivity index (χ4v) is 4.03. The van der Waals surface area contributed by atoms with Crippen molar-refractivity contribution in [1.29, 1.82) is 0 Å². The molecule has 1 saturated heterocycles. The molecular weight excluding hydrogens is 314 g/mol. The van der Waals surface area contributed by atoms with E-state index in [1.165, 1.54) is 0 Å². The van der Waals surface area contributed by atoms with Crippen molar-refractivity contribution in [2.24, 2.45) is 0 Å². The van der Waals surface area contributed by atoms with Gasteiger partial charge in [-0.3, -0.25) is 14.5 Å². The molecule has 0 radical (unpaired) electrons. The number of piperazine rings is 1. The van der Waals surface area contributed by atoms with E-state index in [0.29, 0.717) is 12.6 Å². The van der Waals surface area contributed by atoms with Gasteiger partial charge in [-0.1, -0.05) is 36.8 Å². The van der Waals surface area contributed by atoms with Crippen LogP contribution in [0.1, 0.15) is 37.7 Å². The number of rotatable bonds is 5. The third-order valence-electron chi connectivity index (χ3n) is 5.91. The molecule has 1 N–H and O–H groups in total. The highest BCUT2D eigenvalue weighted by Gasteiger charge is 2.47. The summed E-state index contributed by atoms with van der Waals surface area (Å²) in [6, 6.07) is 10.7. The highest BCUT2D eigenvalue weighted by Crippen LogP contribution is 2.45. The van der Waals surface area contributed by atoms with Crippen LogP contribution in [-0.2, 0) is 15.0 Å². The molecule has 5 nitrogen and oxygen atoms in total. The van der Waals surface area contributed by atoms with E-state index < -0.39 is 0 Å². The molecular formula is C20H27N3O2. The van der Waals surface area contributed by atoms with Crippen LogP contribution in [0.5, 0.6) is 0 Å². The van der Waals surface area contributed by atoms with Crippen molar-refractivity contribution in [3.63, 3.8) is 0 Å². The largest absolute Gasteiger partial charge is 0.352 e. The Kier molecular flexibility index (Phi) is 4.50. The zero-order chi connectivity index (χ0) is 17.3. The second-order valence-corrected chi connectivity index (χ2v) is 7.71. The summed E-state index contributed by atoms with van der Waals surface area (Å²) in [5, 5.41) is 3.04. The topological polar surface area (TPSA) is 52.7 Å². The lowest BCUT2D eigenvalue weighted by atomic mass is 9.63. The van der Waals surface area contributed by atoms with Crippen LogP contribution in [0, 0.1) is 0 Å². The van der Waals surface area contributed by atoms with Crippen molar-refractivity contribution in [2.75, 3.05) is 32.7 Å². The second kappa shape index (κ2) is 6.79. The molecule has 3 aliphatic rings. The van der Waals surface area contributed by atoms with Gasteiger partial charge in [0.15, 0.2) is 0 Å². The maximum absolute atomic E-state index is 13.2. The summed E-state index contributed by atoms with van der Waals surface area (Å²) in [6.07, 6.45) is 5.28. The van der Waals surface area contributed by atoms with Gasteiger partial charge in [0, 0.05) is 32.2 Å². The summed E-state index contributed by atoms with van der Waals surface area (Å²) >= 11 is 0. The lowest BCUT2D eigenvalue weighted by molar-refractivity contribution is -0.142. The van der Waals surface area contributed by atoms with Gasteiger partial charge in [-0.25, -0.2) is 0 Å². The Balaban J connectivity index is 1.34. The number of hydrogen-bond acceptors (Lipinski definition) is 3. The van der Waals surface area contributed by atoms with Crippen LogP contribution < -0.4 is 5.32 Å². The lowest BCUT2D eigenvalue weighted by Gasteiger charge is -2.46. The van der Waals surface area contributed by atoms with Gasteiger partial charge in [0.05, 0.1) is 12.0 Å². The molecule has 2 saturated carbocycles. The molecule has 1 aliphatic heterocycles. The van der Waals surface area contributed by atoms with E-state index in [0.717, 1.165) is 63.8 Å². The molecule has 0 spiro atoms. The standard InChI is InChI=1S/C20H27N3O2/c24-18(21-17-7-8-17)15-22-11-13-23(14-12-22)19(25)20(9-4-10-20)16-5-2-1-3-6-16/h1-3,5-6,17H,4,7-15H2,(H,21,24). The van der Waals surface area contributed by atoms with E-state index in [4.69, 9.17) is 0 Å². The van der Waals surface area contributed by atoms with Crippen molar-refractivity contribution in [2.45, 2.75) is 43.6 Å². The van der Waals surface area contributed by atoms with Gasteiger partial charge in [0.25, 0.3) is 0 Å². The molecule has 3 fully saturated rings. The summed E-state index contributed by atoms with van der Waals surface area (Å²) in [6.45, 7) is 3.49. The number of hydrogen-bond donors (Lipinski definition) is 1. The van der Waals surface area contributed by atoms with E-state index in [9.17, 15) is 9.59 Å². The summed E-state index contributed by atoms with van der Waals surface area (Å²) < 4.78 is 0. The van der Waals surface area contributed by atoms with Gasteiger partial charge < -0.3 is 10.2 Å². The van der Waals surface area contributed by atoms with E-state index >= 15 is 0 Å². The van der Waals surface area contributed by atoms with E-state index in [1.54, 1.807) is 0 Å². The Morgan fingerprint density at radius 2 is 1.72 bits per heavy atom. The zero-order valence-electron chi connectivity index (χ0n) is 14.7. The van der Waals surface area contributed by atoms with Gasteiger partial charge in [-0.05, 0) is 31.2 Å².